The van der Waals surface area contributed by atoms with Crippen LogP contribution in [0.15, 0.2) is 29.3 Å². The monoisotopic (exact) mass is 265 g/mol. The molecule has 0 radical (unpaired) electrons. The standard InChI is InChI=1S/C13H23N5O/c1-15-13(17-14)16-9-12(18(2)3)10-6-5-7-11(8-10)19-4/h5-8,12H,9,14H2,1-4H3,(H2,15,16,17). The van der Waals surface area contributed by atoms with Crippen molar-refractivity contribution in [1.29, 1.82) is 0 Å². The van der Waals surface area contributed by atoms with E-state index >= 15 is 0 Å². The van der Waals surface area contributed by atoms with Crippen LogP contribution in [0.4, 0.5) is 0 Å². The van der Waals surface area contributed by atoms with Crippen molar-refractivity contribution >= 4 is 5.96 Å². The number of hydrogen-bond donors (Lipinski definition) is 3. The highest BCUT2D eigenvalue weighted by molar-refractivity contribution is 5.78. The summed E-state index contributed by atoms with van der Waals surface area (Å²) in [7, 11) is 7.41. The van der Waals surface area contributed by atoms with Gasteiger partial charge in [0, 0.05) is 13.6 Å². The van der Waals surface area contributed by atoms with Crippen molar-refractivity contribution in [3.8, 4) is 5.75 Å². The molecule has 0 aliphatic carbocycles. The molecule has 0 aliphatic heterocycles. The SMILES string of the molecule is CN=C(NN)NCC(c1cccc(OC)c1)N(C)C. The fourth-order valence-electron chi connectivity index (χ4n) is 1.84. The van der Waals surface area contributed by atoms with Crippen LogP contribution in [0, 0.1) is 0 Å². The number of hydrogen-bond acceptors (Lipinski definition) is 4. The van der Waals surface area contributed by atoms with Gasteiger partial charge < -0.3 is 15.0 Å². The first-order valence-electron chi connectivity index (χ1n) is 6.10. The molecule has 1 aromatic rings. The molecule has 1 rings (SSSR count). The van der Waals surface area contributed by atoms with Gasteiger partial charge in [-0.25, -0.2) is 5.84 Å². The zero-order chi connectivity index (χ0) is 14.3. The largest absolute Gasteiger partial charge is 0.497 e. The summed E-state index contributed by atoms with van der Waals surface area (Å²) in [5.74, 6) is 6.77. The van der Waals surface area contributed by atoms with E-state index in [-0.39, 0.29) is 6.04 Å². The summed E-state index contributed by atoms with van der Waals surface area (Å²) in [5, 5.41) is 3.17. The number of guanidine groups is 1. The van der Waals surface area contributed by atoms with Crippen LogP contribution in [-0.4, -0.2) is 45.7 Å². The number of hydrazine groups is 1. The van der Waals surface area contributed by atoms with Crippen molar-refractivity contribution < 1.29 is 4.74 Å². The summed E-state index contributed by atoms with van der Waals surface area (Å²) in [6, 6.07) is 8.23. The van der Waals surface area contributed by atoms with Crippen LogP contribution in [0.2, 0.25) is 0 Å². The Morgan fingerprint density at radius 1 is 1.47 bits per heavy atom. The molecule has 0 fully saturated rings. The van der Waals surface area contributed by atoms with Crippen molar-refractivity contribution in [2.45, 2.75) is 6.04 Å². The molecule has 0 saturated heterocycles. The van der Waals surface area contributed by atoms with E-state index in [9.17, 15) is 0 Å². The highest BCUT2D eigenvalue weighted by Gasteiger charge is 2.15. The lowest BCUT2D eigenvalue weighted by Gasteiger charge is -2.26. The van der Waals surface area contributed by atoms with Gasteiger partial charge in [-0.1, -0.05) is 12.1 Å². The number of nitrogens with zero attached hydrogens (tertiary/aromatic N) is 2. The molecule has 6 nitrogen and oxygen atoms in total. The van der Waals surface area contributed by atoms with Gasteiger partial charge in [-0.2, -0.15) is 0 Å². The zero-order valence-electron chi connectivity index (χ0n) is 12.0. The molecule has 106 valence electrons. The van der Waals surface area contributed by atoms with Gasteiger partial charge in [0.1, 0.15) is 5.75 Å². The zero-order valence-corrected chi connectivity index (χ0v) is 12.0. The maximum absolute atomic E-state index is 5.35. The van der Waals surface area contributed by atoms with Crippen LogP contribution >= 0.6 is 0 Å². The van der Waals surface area contributed by atoms with Gasteiger partial charge in [0.15, 0.2) is 0 Å². The molecular formula is C13H23N5O. The Hall–Kier alpha value is -1.79. The molecule has 1 atom stereocenters. The average Bonchev–Trinajstić information content (AvgIpc) is 2.43. The van der Waals surface area contributed by atoms with Gasteiger partial charge in [0.05, 0.1) is 13.2 Å². The van der Waals surface area contributed by atoms with E-state index in [0.29, 0.717) is 12.5 Å². The first kappa shape index (κ1) is 15.3. The first-order chi connectivity index (χ1) is 9.12. The minimum absolute atomic E-state index is 0.195. The number of ether oxygens (including phenoxy) is 1. The van der Waals surface area contributed by atoms with Gasteiger partial charge in [-0.05, 0) is 31.8 Å². The van der Waals surface area contributed by atoms with Gasteiger partial charge in [-0.3, -0.25) is 10.4 Å². The fourth-order valence-corrected chi connectivity index (χ4v) is 1.84. The fraction of sp³-hybridized carbons (Fsp3) is 0.462. The molecule has 0 aliphatic rings. The Morgan fingerprint density at radius 2 is 2.21 bits per heavy atom. The number of methoxy groups -OCH3 is 1. The van der Waals surface area contributed by atoms with E-state index in [1.165, 1.54) is 5.56 Å². The molecule has 19 heavy (non-hydrogen) atoms. The maximum Gasteiger partial charge on any atom is 0.205 e. The minimum Gasteiger partial charge on any atom is -0.497 e. The van der Waals surface area contributed by atoms with Crippen molar-refractivity contribution in [3.05, 3.63) is 29.8 Å². The van der Waals surface area contributed by atoms with Gasteiger partial charge in [0.2, 0.25) is 5.96 Å². The molecular weight excluding hydrogens is 242 g/mol. The van der Waals surface area contributed by atoms with Gasteiger partial charge in [0.25, 0.3) is 0 Å². The number of benzene rings is 1. The summed E-state index contributed by atoms with van der Waals surface area (Å²) in [5.41, 5.74) is 3.69. The number of likely N-dealkylation sites (N-methyl/N-ethyl adjacent to an activating group) is 1. The summed E-state index contributed by atoms with van der Waals surface area (Å²) in [4.78, 5) is 6.12. The van der Waals surface area contributed by atoms with Crippen molar-refractivity contribution in [2.75, 3.05) is 34.8 Å². The molecule has 1 aromatic carbocycles. The van der Waals surface area contributed by atoms with Crippen molar-refractivity contribution in [2.24, 2.45) is 10.8 Å². The van der Waals surface area contributed by atoms with E-state index in [4.69, 9.17) is 10.6 Å². The summed E-state index contributed by atoms with van der Waals surface area (Å²) >= 11 is 0. The molecule has 0 heterocycles. The Balaban J connectivity index is 2.82. The number of nitrogens with two attached hydrogens (primary N) is 1. The summed E-state index contributed by atoms with van der Waals surface area (Å²) in [6.07, 6.45) is 0. The molecule has 0 spiro atoms. The quantitative estimate of drug-likeness (QED) is 0.310. The minimum atomic E-state index is 0.195. The van der Waals surface area contributed by atoms with Gasteiger partial charge in [-0.15, -0.1) is 0 Å². The third-order valence-corrected chi connectivity index (χ3v) is 2.93. The number of rotatable bonds is 5. The van der Waals surface area contributed by atoms with Crippen LogP contribution < -0.4 is 21.3 Å². The highest BCUT2D eigenvalue weighted by Crippen LogP contribution is 2.21. The third-order valence-electron chi connectivity index (χ3n) is 2.93. The Bertz CT molecular complexity index is 419. The van der Waals surface area contributed by atoms with E-state index in [1.54, 1.807) is 14.2 Å². The Kier molecular flexibility index (Phi) is 6.11. The van der Waals surface area contributed by atoms with Gasteiger partial charge >= 0.3 is 0 Å². The molecule has 0 bridgehead atoms. The highest BCUT2D eigenvalue weighted by atomic mass is 16.5. The second-order valence-corrected chi connectivity index (χ2v) is 4.35. The number of nitrogens with one attached hydrogen (secondary N) is 2. The molecule has 0 amide bonds. The topological polar surface area (TPSA) is 74.9 Å². The third kappa shape index (κ3) is 4.42. The second-order valence-electron chi connectivity index (χ2n) is 4.35. The van der Waals surface area contributed by atoms with E-state index in [1.807, 2.05) is 32.3 Å². The molecule has 0 aromatic heterocycles. The normalized spacial score (nSPS) is 13.3. The van der Waals surface area contributed by atoms with E-state index in [2.05, 4.69) is 26.7 Å². The van der Waals surface area contributed by atoms with Crippen LogP contribution in [0.1, 0.15) is 11.6 Å². The lowest BCUT2D eigenvalue weighted by molar-refractivity contribution is 0.297. The van der Waals surface area contributed by atoms with Crippen LogP contribution in [0.3, 0.4) is 0 Å². The maximum atomic E-state index is 5.35. The van der Waals surface area contributed by atoms with E-state index in [0.717, 1.165) is 5.75 Å². The second kappa shape index (κ2) is 7.60. The number of aliphatic imine (C=N–C) groups is 1. The Labute approximate surface area is 114 Å². The predicted molar refractivity (Wildman–Crippen MR) is 78.1 cm³/mol. The predicted octanol–water partition coefficient (Wildman–Crippen LogP) is 0.337. The lowest BCUT2D eigenvalue weighted by atomic mass is 10.1. The van der Waals surface area contributed by atoms with Crippen molar-refractivity contribution in [3.63, 3.8) is 0 Å². The van der Waals surface area contributed by atoms with Crippen molar-refractivity contribution in [1.82, 2.24) is 15.6 Å². The summed E-state index contributed by atoms with van der Waals surface area (Å²) < 4.78 is 5.26. The lowest BCUT2D eigenvalue weighted by Crippen LogP contribution is -2.44. The van der Waals surface area contributed by atoms with Crippen LogP contribution in [0.25, 0.3) is 0 Å². The molecule has 4 N–H and O–H groups in total. The smallest absolute Gasteiger partial charge is 0.205 e. The first-order valence-corrected chi connectivity index (χ1v) is 6.10. The molecule has 0 saturated carbocycles. The van der Waals surface area contributed by atoms with E-state index < -0.39 is 0 Å². The molecule has 1 unspecified atom stereocenters. The molecule has 6 heteroatoms. The average molecular weight is 265 g/mol. The Morgan fingerprint density at radius 3 is 2.74 bits per heavy atom. The van der Waals surface area contributed by atoms with Crippen LogP contribution in [-0.2, 0) is 0 Å². The summed E-state index contributed by atoms with van der Waals surface area (Å²) in [6.45, 7) is 0.692. The van der Waals surface area contributed by atoms with Crippen LogP contribution in [0.5, 0.6) is 5.75 Å².